The van der Waals surface area contributed by atoms with Crippen molar-refractivity contribution in [2.24, 2.45) is 17.3 Å². The van der Waals surface area contributed by atoms with Gasteiger partial charge in [0.05, 0.1) is 0 Å². The van der Waals surface area contributed by atoms with Gasteiger partial charge in [-0.05, 0) is 30.6 Å². The number of carbonyl (C=O) groups excluding carboxylic acids is 1. The summed E-state index contributed by atoms with van der Waals surface area (Å²) in [7, 11) is 0. The van der Waals surface area contributed by atoms with Crippen LogP contribution in [0.1, 0.15) is 47.0 Å². The molecule has 0 aromatic heterocycles. The van der Waals surface area contributed by atoms with E-state index in [0.717, 1.165) is 19.3 Å². The Kier molecular flexibility index (Phi) is 4.17. The molecule has 1 aliphatic rings. The molecule has 1 rings (SSSR count). The molecule has 1 aliphatic carbocycles. The molecule has 0 spiro atoms. The van der Waals surface area contributed by atoms with Crippen LogP contribution in [0, 0.1) is 17.3 Å². The van der Waals surface area contributed by atoms with Gasteiger partial charge in [0.15, 0.2) is 0 Å². The summed E-state index contributed by atoms with van der Waals surface area (Å²) in [6.45, 7) is 12.2. The van der Waals surface area contributed by atoms with E-state index < -0.39 is 0 Å². The molecule has 1 saturated carbocycles. The van der Waals surface area contributed by atoms with Crippen molar-refractivity contribution in [2.45, 2.75) is 53.1 Å². The Bertz CT molecular complexity index is 262. The molecule has 0 aromatic rings. The summed E-state index contributed by atoms with van der Waals surface area (Å²) in [6, 6.07) is 0. The van der Waals surface area contributed by atoms with Gasteiger partial charge in [0.1, 0.15) is 6.10 Å². The summed E-state index contributed by atoms with van der Waals surface area (Å²) in [5.41, 5.74) is 0.336. The Morgan fingerprint density at radius 3 is 2.44 bits per heavy atom. The predicted octanol–water partition coefficient (Wildman–Crippen LogP) is 3.57. The molecule has 0 bridgehead atoms. The van der Waals surface area contributed by atoms with Gasteiger partial charge in [-0.1, -0.05) is 26.8 Å². The van der Waals surface area contributed by atoms with Crippen molar-refractivity contribution >= 4 is 5.97 Å². The summed E-state index contributed by atoms with van der Waals surface area (Å²) in [5.74, 6) is 0.843. The predicted molar refractivity (Wildman–Crippen MR) is 66.0 cm³/mol. The molecular formula is C14H24O2. The van der Waals surface area contributed by atoms with Gasteiger partial charge >= 0.3 is 5.97 Å². The lowest BCUT2D eigenvalue weighted by molar-refractivity contribution is -0.150. The van der Waals surface area contributed by atoms with E-state index in [1.165, 1.54) is 6.92 Å². The monoisotopic (exact) mass is 224 g/mol. The van der Waals surface area contributed by atoms with Crippen LogP contribution in [0.2, 0.25) is 0 Å². The van der Waals surface area contributed by atoms with E-state index in [0.29, 0.717) is 17.3 Å². The molecule has 0 heterocycles. The lowest BCUT2D eigenvalue weighted by atomic mass is 9.68. The van der Waals surface area contributed by atoms with E-state index in [9.17, 15) is 4.79 Å². The van der Waals surface area contributed by atoms with Gasteiger partial charge in [-0.3, -0.25) is 4.79 Å². The van der Waals surface area contributed by atoms with E-state index in [2.05, 4.69) is 27.4 Å². The van der Waals surface area contributed by atoms with Crippen LogP contribution >= 0.6 is 0 Å². The fraction of sp³-hybridized carbons (Fsp3) is 0.786. The molecule has 0 radical (unpaired) electrons. The highest BCUT2D eigenvalue weighted by Gasteiger charge is 2.35. The third-order valence-corrected chi connectivity index (χ3v) is 3.68. The van der Waals surface area contributed by atoms with Crippen LogP contribution in [-0.4, -0.2) is 12.1 Å². The zero-order valence-electron chi connectivity index (χ0n) is 11.0. The molecule has 0 aromatic carbocycles. The van der Waals surface area contributed by atoms with Crippen LogP contribution in [0.5, 0.6) is 0 Å². The van der Waals surface area contributed by atoms with Gasteiger partial charge in [0.2, 0.25) is 0 Å². The van der Waals surface area contributed by atoms with Crippen molar-refractivity contribution in [2.75, 3.05) is 0 Å². The molecule has 92 valence electrons. The maximum Gasteiger partial charge on any atom is 0.302 e. The van der Waals surface area contributed by atoms with E-state index >= 15 is 0 Å². The normalized spacial score (nSPS) is 30.9. The topological polar surface area (TPSA) is 26.3 Å². The number of hydrogen-bond acceptors (Lipinski definition) is 2. The lowest BCUT2D eigenvalue weighted by Gasteiger charge is -2.40. The highest BCUT2D eigenvalue weighted by atomic mass is 16.5. The fourth-order valence-corrected chi connectivity index (χ4v) is 2.57. The minimum Gasteiger partial charge on any atom is -0.462 e. The molecule has 0 N–H and O–H groups in total. The minimum absolute atomic E-state index is 0.0496. The summed E-state index contributed by atoms with van der Waals surface area (Å²) < 4.78 is 5.35. The van der Waals surface area contributed by atoms with E-state index in [1.807, 2.05) is 6.08 Å². The second-order valence-corrected chi connectivity index (χ2v) is 5.92. The molecule has 0 unspecified atom stereocenters. The number of esters is 1. The zero-order chi connectivity index (χ0) is 12.3. The van der Waals surface area contributed by atoms with Crippen molar-refractivity contribution in [3.8, 4) is 0 Å². The molecule has 2 heteroatoms. The second-order valence-electron chi connectivity index (χ2n) is 5.92. The summed E-state index contributed by atoms with van der Waals surface area (Å²) in [6.07, 6.45) is 5.20. The van der Waals surface area contributed by atoms with Crippen molar-refractivity contribution in [1.82, 2.24) is 0 Å². The van der Waals surface area contributed by atoms with Gasteiger partial charge in [0, 0.05) is 12.8 Å². The van der Waals surface area contributed by atoms with Crippen LogP contribution in [0.25, 0.3) is 0 Å². The number of rotatable bonds is 2. The lowest BCUT2D eigenvalue weighted by Crippen LogP contribution is -2.36. The average molecular weight is 224 g/mol. The molecule has 0 saturated heterocycles. The Balaban J connectivity index is 2.64. The minimum atomic E-state index is -0.175. The van der Waals surface area contributed by atoms with E-state index in [1.54, 1.807) is 0 Å². The summed E-state index contributed by atoms with van der Waals surface area (Å²) >= 11 is 0. The highest BCUT2D eigenvalue weighted by molar-refractivity contribution is 5.66. The highest BCUT2D eigenvalue weighted by Crippen LogP contribution is 2.41. The third-order valence-electron chi connectivity index (χ3n) is 3.68. The first-order valence-corrected chi connectivity index (χ1v) is 6.14. The molecule has 2 nitrogen and oxygen atoms in total. The van der Waals surface area contributed by atoms with Crippen LogP contribution in [0.15, 0.2) is 12.7 Å². The van der Waals surface area contributed by atoms with Crippen molar-refractivity contribution in [3.05, 3.63) is 12.7 Å². The number of ether oxygens (including phenoxy) is 1. The zero-order valence-corrected chi connectivity index (χ0v) is 11.0. The molecule has 16 heavy (non-hydrogen) atoms. The van der Waals surface area contributed by atoms with Gasteiger partial charge in [-0.2, -0.15) is 0 Å². The molecule has 0 amide bonds. The van der Waals surface area contributed by atoms with E-state index in [4.69, 9.17) is 4.74 Å². The summed E-state index contributed by atoms with van der Waals surface area (Å²) in [5, 5.41) is 0. The maximum atomic E-state index is 11.0. The first-order valence-electron chi connectivity index (χ1n) is 6.14. The van der Waals surface area contributed by atoms with Gasteiger partial charge in [-0.15, -0.1) is 6.58 Å². The van der Waals surface area contributed by atoms with Crippen molar-refractivity contribution < 1.29 is 9.53 Å². The van der Waals surface area contributed by atoms with Crippen LogP contribution in [-0.2, 0) is 9.53 Å². The first kappa shape index (κ1) is 13.3. The summed E-state index contributed by atoms with van der Waals surface area (Å²) in [4.78, 5) is 11.0. The Morgan fingerprint density at radius 2 is 2.00 bits per heavy atom. The van der Waals surface area contributed by atoms with Crippen molar-refractivity contribution in [3.63, 3.8) is 0 Å². The fourth-order valence-electron chi connectivity index (χ4n) is 2.57. The Morgan fingerprint density at radius 1 is 1.38 bits per heavy atom. The largest absolute Gasteiger partial charge is 0.462 e. The standard InChI is InChI=1S/C14H24O2/c1-6-11-9-12(14(3,4)5)7-8-13(11)16-10(2)15/h6,11-13H,1,7-9H2,2-5H3/t11-,12+,13+/m0/s1. The van der Waals surface area contributed by atoms with Crippen LogP contribution < -0.4 is 0 Å². The van der Waals surface area contributed by atoms with Gasteiger partial charge in [0.25, 0.3) is 0 Å². The Labute approximate surface area is 99.1 Å². The second kappa shape index (κ2) is 5.03. The van der Waals surface area contributed by atoms with Gasteiger partial charge in [-0.25, -0.2) is 0 Å². The SMILES string of the molecule is C=C[C@H]1C[C@H](C(C)(C)C)CC[C@H]1OC(C)=O. The maximum absolute atomic E-state index is 11.0. The van der Waals surface area contributed by atoms with Crippen LogP contribution in [0.3, 0.4) is 0 Å². The van der Waals surface area contributed by atoms with Crippen LogP contribution in [0.4, 0.5) is 0 Å². The smallest absolute Gasteiger partial charge is 0.302 e. The number of hydrogen-bond donors (Lipinski definition) is 0. The molecule has 0 aliphatic heterocycles. The third kappa shape index (κ3) is 3.36. The Hall–Kier alpha value is -0.790. The average Bonchev–Trinajstić information content (AvgIpc) is 2.15. The number of carbonyl (C=O) groups is 1. The first-order chi connectivity index (χ1) is 7.34. The van der Waals surface area contributed by atoms with E-state index in [-0.39, 0.29) is 12.1 Å². The van der Waals surface area contributed by atoms with Crippen molar-refractivity contribution in [1.29, 1.82) is 0 Å². The molecule has 1 fully saturated rings. The molecule has 3 atom stereocenters. The van der Waals surface area contributed by atoms with Gasteiger partial charge < -0.3 is 4.74 Å². The quantitative estimate of drug-likeness (QED) is 0.529. The molecular weight excluding hydrogens is 200 g/mol.